The van der Waals surface area contributed by atoms with Crippen molar-refractivity contribution in [2.75, 3.05) is 13.2 Å². The first-order chi connectivity index (χ1) is 29.5. The van der Waals surface area contributed by atoms with E-state index in [2.05, 4.69) is 48.1 Å². The summed E-state index contributed by atoms with van der Waals surface area (Å²) in [6.45, 7) is 18.9. The first-order valence-corrected chi connectivity index (χ1v) is 23.6. The van der Waals surface area contributed by atoms with Crippen molar-refractivity contribution >= 4 is 5.97 Å². The largest absolute Gasteiger partial charge is 0.481 e. The van der Waals surface area contributed by atoms with Crippen LogP contribution in [0.2, 0.25) is 0 Å². The van der Waals surface area contributed by atoms with Crippen molar-refractivity contribution < 1.29 is 79.2 Å². The van der Waals surface area contributed by atoms with Crippen molar-refractivity contribution in [3.8, 4) is 0 Å². The van der Waals surface area contributed by atoms with Gasteiger partial charge >= 0.3 is 5.97 Å². The third kappa shape index (κ3) is 7.33. The molecular weight excluding hydrogens is 821 g/mol. The first kappa shape index (κ1) is 48.1. The molecule has 3 aliphatic heterocycles. The topological polar surface area (TPSA) is 255 Å². The molecule has 63 heavy (non-hydrogen) atoms. The van der Waals surface area contributed by atoms with Gasteiger partial charge in [0, 0.05) is 0 Å². The summed E-state index contributed by atoms with van der Waals surface area (Å²) in [5.41, 5.74) is 0.150. The van der Waals surface area contributed by atoms with Gasteiger partial charge < -0.3 is 74.4 Å². The second kappa shape index (κ2) is 17.0. The Balaban J connectivity index is 0.943. The Morgan fingerprint density at radius 1 is 0.683 bits per heavy atom. The third-order valence-electron chi connectivity index (χ3n) is 19.4. The summed E-state index contributed by atoms with van der Waals surface area (Å²) in [6.07, 6.45) is -12.2. The number of hydrogen-bond acceptors (Lipinski definition) is 15. The fourth-order valence-electron chi connectivity index (χ4n) is 15.7. The number of aliphatic hydroxyl groups is 8. The number of aliphatic carboxylic acids is 1. The van der Waals surface area contributed by atoms with Gasteiger partial charge in [-0.3, -0.25) is 4.79 Å². The Bertz CT molecular complexity index is 1700. The summed E-state index contributed by atoms with van der Waals surface area (Å²) in [6, 6.07) is 0. The molecule has 0 aromatic carbocycles. The van der Waals surface area contributed by atoms with E-state index in [0.29, 0.717) is 17.8 Å². The Hall–Kier alpha value is -1.35. The number of ether oxygens (including phenoxy) is 6. The molecule has 360 valence electrons. The fourth-order valence-corrected chi connectivity index (χ4v) is 15.7. The van der Waals surface area contributed by atoms with E-state index in [0.717, 1.165) is 69.8 Å². The molecule has 16 heteroatoms. The fraction of sp³-hybridized carbons (Fsp3) is 0.936. The van der Waals surface area contributed by atoms with E-state index in [-0.39, 0.29) is 46.2 Å². The molecule has 0 aromatic rings. The maximum absolute atomic E-state index is 13.1. The lowest BCUT2D eigenvalue weighted by Gasteiger charge is -2.73. The Morgan fingerprint density at radius 2 is 1.38 bits per heavy atom. The zero-order valence-electron chi connectivity index (χ0n) is 38.1. The summed E-state index contributed by atoms with van der Waals surface area (Å²) in [5.74, 6) is 0.786. The number of aliphatic hydroxyl groups excluding tert-OH is 8. The average molecular weight is 897 g/mol. The van der Waals surface area contributed by atoms with Crippen LogP contribution in [0, 0.1) is 56.7 Å². The highest BCUT2D eigenvalue weighted by molar-refractivity contribution is 5.76. The van der Waals surface area contributed by atoms with Gasteiger partial charge in [0.05, 0.1) is 30.8 Å². The highest BCUT2D eigenvalue weighted by Gasteiger charge is 2.72. The summed E-state index contributed by atoms with van der Waals surface area (Å²) < 4.78 is 35.9. The normalized spacial score (nSPS) is 55.5. The molecule has 16 nitrogen and oxygen atoms in total. The number of carbonyl (C=O) groups is 1. The van der Waals surface area contributed by atoms with Gasteiger partial charge in [0.25, 0.3) is 0 Å². The zero-order chi connectivity index (χ0) is 45.9. The molecular formula is C47H76O16. The van der Waals surface area contributed by atoms with Crippen LogP contribution in [0.25, 0.3) is 0 Å². The van der Waals surface area contributed by atoms with E-state index >= 15 is 0 Å². The number of carboxylic acid groups (broad SMARTS) is 1. The van der Waals surface area contributed by atoms with Gasteiger partial charge in [0.1, 0.15) is 61.0 Å². The molecule has 8 fully saturated rings. The van der Waals surface area contributed by atoms with Crippen LogP contribution in [-0.4, -0.2) is 157 Å². The number of fused-ring (bicyclic) bond motifs is 7. The quantitative estimate of drug-likeness (QED) is 0.119. The molecule has 0 amide bonds. The number of rotatable bonds is 9. The van der Waals surface area contributed by atoms with Gasteiger partial charge in [-0.25, -0.2) is 0 Å². The SMILES string of the molecule is C=C(C)[C@@H]1CC[C@]2(C(=O)O)CC[C@]3(C)[C@H](CC[C@@H]4[C@@]5(C)CC[C@H](O[C@@H]6OC[C@H](O[C@H]7O[C@H](CO)[C@@H](O)[C@H](O)[C@H]7O[C@@H]7O[C@@H](C)[C@H](O)[C@@H](O)[C@H]7O)[C@H](O)[C@H]6O)C(C)(C)[C@@H]5CC[C@]43C)[C@@H]12. The molecule has 0 unspecified atom stereocenters. The lowest BCUT2D eigenvalue weighted by molar-refractivity contribution is -0.382. The van der Waals surface area contributed by atoms with Crippen LogP contribution in [0.4, 0.5) is 0 Å². The minimum Gasteiger partial charge on any atom is -0.481 e. The van der Waals surface area contributed by atoms with Crippen LogP contribution >= 0.6 is 0 Å². The van der Waals surface area contributed by atoms with Crippen molar-refractivity contribution in [3.05, 3.63) is 12.2 Å². The van der Waals surface area contributed by atoms with Crippen molar-refractivity contribution in [1.82, 2.24) is 0 Å². The van der Waals surface area contributed by atoms with Crippen LogP contribution < -0.4 is 0 Å². The highest BCUT2D eigenvalue weighted by atomic mass is 16.8. The Kier molecular flexibility index (Phi) is 13.0. The van der Waals surface area contributed by atoms with Crippen LogP contribution in [0.5, 0.6) is 0 Å². The molecule has 0 spiro atoms. The molecule has 8 aliphatic rings. The summed E-state index contributed by atoms with van der Waals surface area (Å²) in [7, 11) is 0. The van der Waals surface area contributed by atoms with E-state index < -0.39 is 104 Å². The molecule has 8 rings (SSSR count). The zero-order valence-corrected chi connectivity index (χ0v) is 38.1. The predicted octanol–water partition coefficient (Wildman–Crippen LogP) is 2.23. The van der Waals surface area contributed by atoms with Crippen LogP contribution in [0.3, 0.4) is 0 Å². The van der Waals surface area contributed by atoms with E-state index in [1.54, 1.807) is 0 Å². The highest BCUT2D eigenvalue weighted by Crippen LogP contribution is 2.77. The Morgan fingerprint density at radius 3 is 2.05 bits per heavy atom. The summed E-state index contributed by atoms with van der Waals surface area (Å²) in [4.78, 5) is 13.1. The van der Waals surface area contributed by atoms with E-state index in [9.17, 15) is 50.8 Å². The Labute approximate surface area is 371 Å². The number of carboxylic acids is 1. The maximum Gasteiger partial charge on any atom is 0.309 e. The van der Waals surface area contributed by atoms with E-state index in [1.807, 2.05) is 0 Å². The predicted molar refractivity (Wildman–Crippen MR) is 223 cm³/mol. The standard InChI is InChI=1S/C47H76O16/c1-21(2)23-11-16-47(42(56)57)18-17-45(7)24(30(23)47)9-10-28-44(6)14-13-29(43(4,5)27(44)12-15-46(28,45)8)62-39-36(54)33(51)26(20-58-39)61-41-38(35(53)32(50)25(19-48)60-41)63-40-37(55)34(52)31(49)22(3)59-40/h22-41,48-55H,1,9-20H2,2-8H3,(H,56,57)/t22-,23-,24+,25+,26-,27-,28+,29-,30+,31-,32+,33-,34+,35-,36+,37+,38+,39-,40-,41+,44-,45+,46+,47-/m0/s1. The minimum atomic E-state index is -1.76. The molecule has 5 aliphatic carbocycles. The second-order valence-corrected chi connectivity index (χ2v) is 22.5. The third-order valence-corrected chi connectivity index (χ3v) is 19.4. The molecule has 3 saturated heterocycles. The van der Waals surface area contributed by atoms with Crippen molar-refractivity contribution in [1.29, 1.82) is 0 Å². The molecule has 0 aromatic heterocycles. The van der Waals surface area contributed by atoms with Gasteiger partial charge in [0.2, 0.25) is 0 Å². The summed E-state index contributed by atoms with van der Waals surface area (Å²) >= 11 is 0. The first-order valence-electron chi connectivity index (χ1n) is 23.6. The van der Waals surface area contributed by atoms with Crippen molar-refractivity contribution in [2.24, 2.45) is 56.7 Å². The minimum absolute atomic E-state index is 0.000905. The van der Waals surface area contributed by atoms with Gasteiger partial charge in [0.15, 0.2) is 18.9 Å². The molecule has 3 heterocycles. The number of hydrogen-bond donors (Lipinski definition) is 9. The van der Waals surface area contributed by atoms with Gasteiger partial charge in [-0.05, 0) is 129 Å². The van der Waals surface area contributed by atoms with E-state index in [4.69, 9.17) is 28.4 Å². The summed E-state index contributed by atoms with van der Waals surface area (Å²) in [5, 5.41) is 96.5. The lowest BCUT2D eigenvalue weighted by atomic mass is 9.32. The smallest absolute Gasteiger partial charge is 0.309 e. The van der Waals surface area contributed by atoms with Crippen LogP contribution in [-0.2, 0) is 33.2 Å². The van der Waals surface area contributed by atoms with Crippen LogP contribution in [0.15, 0.2) is 12.2 Å². The van der Waals surface area contributed by atoms with Gasteiger partial charge in [-0.15, -0.1) is 0 Å². The van der Waals surface area contributed by atoms with Gasteiger partial charge in [-0.2, -0.15) is 0 Å². The number of allylic oxidation sites excluding steroid dienone is 1. The monoisotopic (exact) mass is 897 g/mol. The molecule has 0 radical (unpaired) electrons. The van der Waals surface area contributed by atoms with Crippen molar-refractivity contribution in [2.45, 2.75) is 205 Å². The van der Waals surface area contributed by atoms with Crippen molar-refractivity contribution in [3.63, 3.8) is 0 Å². The molecule has 24 atom stereocenters. The maximum atomic E-state index is 13.1. The van der Waals surface area contributed by atoms with Crippen LogP contribution in [0.1, 0.15) is 113 Å². The molecule has 9 N–H and O–H groups in total. The lowest BCUT2D eigenvalue weighted by Crippen LogP contribution is -2.67. The molecule has 5 saturated carbocycles. The average Bonchev–Trinajstić information content (AvgIpc) is 3.64. The van der Waals surface area contributed by atoms with E-state index in [1.165, 1.54) is 6.92 Å². The van der Waals surface area contributed by atoms with Gasteiger partial charge in [-0.1, -0.05) is 46.8 Å². The second-order valence-electron chi connectivity index (χ2n) is 22.5. The molecule has 0 bridgehead atoms.